The number of hydrogen-bond donors (Lipinski definition) is 18. The fourth-order valence-corrected chi connectivity index (χ4v) is 10.7. The molecule has 0 aliphatic carbocycles. The quantitative estimate of drug-likeness (QED) is 0.0184. The molecule has 11 rings (SSSR count). The van der Waals surface area contributed by atoms with Crippen molar-refractivity contribution in [3.05, 3.63) is 204 Å². The first-order valence-corrected chi connectivity index (χ1v) is 33.1. The Hall–Kier alpha value is -15.0. The number of Topliss-reactive ketones (excluding diaryl/α,β-unsaturated/α-hetero) is 1. The van der Waals surface area contributed by atoms with Gasteiger partial charge in [0.25, 0.3) is 29.5 Å². The van der Waals surface area contributed by atoms with Crippen molar-refractivity contribution in [2.24, 2.45) is 0 Å². The molecular formula is C75H73N7O30. The van der Waals surface area contributed by atoms with Crippen molar-refractivity contribution in [2.45, 2.75) is 19.4 Å². The Morgan fingerprint density at radius 1 is 0.366 bits per heavy atom. The standard InChI is InChI=1S/C22H26N2O8.C20H14O10.C18H18N2O8.C15H15N3O4/c1-30-16-9-13(8-15(12-25)19(16)26)21(28)23-4-6-24(7-5-23)22(29)14-10-17(31-2)20(27)18(11-14)32-3;21-11-5-9(6-12(22)17(11)25)19(27)29-15-3-1-2-4-16(15)30-20(28)10-7-13(23)18(26)14(24)8-10;21-11-5-9(6-12(22)15(11)25)17(27)19-1-2-20(4-3-19)18(28)10-7-13(23)16(26)14(24)8-10;19-12(10-3-5-13(20)17-8-10)2-1-7-16-15(22)11-4-6-14(21)18-9-11/h8-11,25-27H,4-7,12H2,1-3H3;1-8,21-26H;5-8,21-26H,1-4H2;3-6,8-9H,1-2,7H2,(H,16,22)(H,17,20)(H,18,21). The van der Waals surface area contributed by atoms with Gasteiger partial charge in [-0.25, -0.2) is 9.59 Å². The van der Waals surface area contributed by atoms with Crippen LogP contribution in [0, 0.1) is 0 Å². The second-order valence-corrected chi connectivity index (χ2v) is 24.1. The number of carbonyl (C=O) groups excluding carboxylic acids is 8. The average Bonchev–Trinajstić information content (AvgIpc) is 0.819. The van der Waals surface area contributed by atoms with Crippen molar-refractivity contribution in [2.75, 3.05) is 80.2 Å². The number of ether oxygens (including phenoxy) is 5. The van der Waals surface area contributed by atoms with Crippen molar-refractivity contribution in [1.29, 1.82) is 0 Å². The summed E-state index contributed by atoms with van der Waals surface area (Å²) in [6.45, 7) is 1.79. The molecule has 588 valence electrons. The van der Waals surface area contributed by atoms with Crippen LogP contribution in [-0.2, 0) is 6.61 Å². The number of aliphatic hydroxyl groups excluding tert-OH is 1. The molecule has 5 amide bonds. The number of phenols is 14. The molecule has 18 N–H and O–H groups in total. The number of pyridine rings is 2. The minimum atomic E-state index is -1.04. The van der Waals surface area contributed by atoms with Crippen molar-refractivity contribution < 1.29 is 139 Å². The smallest absolute Gasteiger partial charge is 0.343 e. The molecule has 4 heterocycles. The molecule has 2 aliphatic heterocycles. The number of piperazine rings is 2. The largest absolute Gasteiger partial charge is 0.504 e. The number of nitrogens with one attached hydrogen (secondary N) is 3. The number of aromatic nitrogens is 2. The number of esters is 2. The molecule has 37 nitrogen and oxygen atoms in total. The highest BCUT2D eigenvalue weighted by Gasteiger charge is 2.31. The summed E-state index contributed by atoms with van der Waals surface area (Å²) in [5.74, 6) is -13.0. The lowest BCUT2D eigenvalue weighted by atomic mass is 10.1. The predicted molar refractivity (Wildman–Crippen MR) is 388 cm³/mol. The molecule has 0 unspecified atom stereocenters. The zero-order chi connectivity index (χ0) is 81.9. The second-order valence-electron chi connectivity index (χ2n) is 24.1. The minimum Gasteiger partial charge on any atom is -0.504 e. The number of carbonyl (C=O) groups is 8. The van der Waals surface area contributed by atoms with E-state index < -0.39 is 99.4 Å². The number of H-pyrrole nitrogens is 2. The van der Waals surface area contributed by atoms with Crippen LogP contribution in [0.1, 0.15) is 101 Å². The minimum absolute atomic E-state index is 0.0130. The monoisotopic (exact) mass is 1550 g/mol. The average molecular weight is 1550 g/mol. The topological polar surface area (TPSA) is 577 Å². The number of aliphatic hydroxyl groups is 1. The van der Waals surface area contributed by atoms with Gasteiger partial charge in [0.15, 0.2) is 109 Å². The van der Waals surface area contributed by atoms with Crippen LogP contribution >= 0.6 is 0 Å². The van der Waals surface area contributed by atoms with E-state index in [-0.39, 0.29) is 141 Å². The number of hydrogen-bond acceptors (Lipinski definition) is 30. The zero-order valence-electron chi connectivity index (χ0n) is 59.3. The summed E-state index contributed by atoms with van der Waals surface area (Å²) in [7, 11) is 4.13. The van der Waals surface area contributed by atoms with E-state index in [1.807, 2.05) is 0 Å². The zero-order valence-corrected chi connectivity index (χ0v) is 59.3. The van der Waals surface area contributed by atoms with Gasteiger partial charge in [0.2, 0.25) is 16.9 Å². The van der Waals surface area contributed by atoms with E-state index >= 15 is 0 Å². The van der Waals surface area contributed by atoms with Crippen LogP contribution in [0.3, 0.4) is 0 Å². The molecule has 0 radical (unpaired) electrons. The third-order valence-electron chi connectivity index (χ3n) is 16.7. The fraction of sp³-hybridized carbons (Fsp3) is 0.200. The van der Waals surface area contributed by atoms with Crippen LogP contribution in [0.5, 0.6) is 109 Å². The molecule has 2 saturated heterocycles. The van der Waals surface area contributed by atoms with Gasteiger partial charge in [-0.05, 0) is 103 Å². The maximum absolute atomic E-state index is 13.0. The molecule has 2 aliphatic rings. The van der Waals surface area contributed by atoms with Crippen LogP contribution in [-0.4, -0.2) is 234 Å². The molecule has 37 heteroatoms. The van der Waals surface area contributed by atoms with E-state index in [0.29, 0.717) is 55.8 Å². The molecule has 2 fully saturated rings. The summed E-state index contributed by atoms with van der Waals surface area (Å²) in [6.07, 6.45) is 3.46. The maximum atomic E-state index is 13.0. The molecule has 2 aromatic heterocycles. The van der Waals surface area contributed by atoms with Crippen LogP contribution < -0.4 is 40.1 Å². The van der Waals surface area contributed by atoms with Crippen LogP contribution in [0.25, 0.3) is 0 Å². The summed E-state index contributed by atoms with van der Waals surface area (Å²) in [5, 5.41) is 146. The van der Waals surface area contributed by atoms with E-state index in [4.69, 9.17) is 23.7 Å². The van der Waals surface area contributed by atoms with Gasteiger partial charge in [-0.1, -0.05) is 12.1 Å². The van der Waals surface area contributed by atoms with Gasteiger partial charge in [0.1, 0.15) is 0 Å². The van der Waals surface area contributed by atoms with Crippen LogP contribution in [0.4, 0.5) is 0 Å². The highest BCUT2D eigenvalue weighted by Crippen LogP contribution is 2.42. The lowest BCUT2D eigenvalue weighted by Gasteiger charge is -2.35. The fourth-order valence-electron chi connectivity index (χ4n) is 10.7. The summed E-state index contributed by atoms with van der Waals surface area (Å²) in [5.41, 5.74) is 0.405. The predicted octanol–water partition coefficient (Wildman–Crippen LogP) is 4.55. The molecular weight excluding hydrogens is 1480 g/mol. The van der Waals surface area contributed by atoms with Crippen LogP contribution in [0.15, 0.2) is 143 Å². The van der Waals surface area contributed by atoms with E-state index in [2.05, 4.69) is 15.3 Å². The second kappa shape index (κ2) is 37.0. The summed E-state index contributed by atoms with van der Waals surface area (Å²) in [4.78, 5) is 132. The number of phenolic OH excluding ortho intramolecular Hbond substituents is 13. The third kappa shape index (κ3) is 20.4. The Balaban J connectivity index is 0.000000189. The number of amides is 5. The van der Waals surface area contributed by atoms with E-state index in [1.54, 1.807) is 9.80 Å². The Labute approximate surface area is 631 Å². The number of aromatic amines is 2. The molecule has 9 aromatic rings. The number of rotatable bonds is 18. The SMILES string of the molecule is COc1cc(C(=O)N2CCN(C(=O)c3cc(OC)c(O)c(OC)c3)CC2)cc(CO)c1O.O=C(CCCNC(=O)c1ccc(=O)[nH]c1)c1ccc(=O)[nH]c1.O=C(Oc1ccccc1OC(=O)c1cc(O)c(O)c(O)c1)c1cc(O)c(O)c(O)c1.O=C(c1cc(O)c(O)c(O)c1)N1CCN(C(=O)c2cc(O)c(O)c(O)c2)CC1. The van der Waals surface area contributed by atoms with Gasteiger partial charge < -0.3 is 135 Å². The highest BCUT2D eigenvalue weighted by molar-refractivity contribution is 6.00. The molecule has 7 aromatic carbocycles. The van der Waals surface area contributed by atoms with Gasteiger partial charge in [0.05, 0.1) is 44.6 Å². The Bertz CT molecular complexity index is 4680. The number of para-hydroxylation sites is 2. The van der Waals surface area contributed by atoms with Gasteiger partial charge >= 0.3 is 11.9 Å². The number of nitrogens with zero attached hydrogens (tertiary/aromatic N) is 4. The van der Waals surface area contributed by atoms with Crippen molar-refractivity contribution in [1.82, 2.24) is 34.9 Å². The van der Waals surface area contributed by atoms with Crippen molar-refractivity contribution in [3.63, 3.8) is 0 Å². The molecule has 0 atom stereocenters. The van der Waals surface area contributed by atoms with Crippen LogP contribution in [0.2, 0.25) is 0 Å². The van der Waals surface area contributed by atoms with Gasteiger partial charge in [-0.15, -0.1) is 0 Å². The first kappa shape index (κ1) is 82.6. The first-order valence-electron chi connectivity index (χ1n) is 33.1. The number of methoxy groups -OCH3 is 3. The van der Waals surface area contributed by atoms with Gasteiger partial charge in [-0.3, -0.25) is 38.4 Å². The van der Waals surface area contributed by atoms with Crippen molar-refractivity contribution in [3.8, 4) is 109 Å². The number of benzene rings is 7. The maximum Gasteiger partial charge on any atom is 0.343 e. The number of aromatic hydroxyl groups is 14. The Morgan fingerprint density at radius 2 is 0.670 bits per heavy atom. The Morgan fingerprint density at radius 3 is 0.982 bits per heavy atom. The van der Waals surface area contributed by atoms with Crippen molar-refractivity contribution >= 4 is 47.3 Å². The normalized spacial score (nSPS) is 12.2. The molecule has 0 saturated carbocycles. The third-order valence-corrected chi connectivity index (χ3v) is 16.7. The van der Waals surface area contributed by atoms with Gasteiger partial charge in [0, 0.05) is 123 Å². The number of ketones is 1. The van der Waals surface area contributed by atoms with Gasteiger partial charge in [-0.2, -0.15) is 0 Å². The summed E-state index contributed by atoms with van der Waals surface area (Å²) >= 11 is 0. The molecule has 112 heavy (non-hydrogen) atoms. The Kier molecular flexibility index (Phi) is 27.3. The molecule has 0 bridgehead atoms. The van der Waals surface area contributed by atoms with E-state index in [9.17, 15) is 125 Å². The first-order chi connectivity index (χ1) is 53.2. The summed E-state index contributed by atoms with van der Waals surface area (Å²) in [6, 6.07) is 24.4. The highest BCUT2D eigenvalue weighted by atomic mass is 16.6. The molecule has 0 spiro atoms. The van der Waals surface area contributed by atoms with E-state index in [0.717, 1.165) is 48.5 Å². The summed E-state index contributed by atoms with van der Waals surface area (Å²) < 4.78 is 25.6. The lowest BCUT2D eigenvalue weighted by molar-refractivity contribution is 0.0535. The van der Waals surface area contributed by atoms with E-state index in [1.165, 1.54) is 116 Å². The lowest BCUT2D eigenvalue weighted by Crippen LogP contribution is -2.50.